The van der Waals surface area contributed by atoms with Crippen LogP contribution in [0.5, 0.6) is 0 Å². The Morgan fingerprint density at radius 2 is 1.66 bits per heavy atom. The second-order valence-electron chi connectivity index (χ2n) is 9.92. The summed E-state index contributed by atoms with van der Waals surface area (Å²) in [5.41, 5.74) is 4.77. The molecule has 1 saturated carbocycles. The number of rotatable bonds is 4. The molecule has 0 aromatic heterocycles. The van der Waals surface area contributed by atoms with Crippen molar-refractivity contribution in [3.8, 4) is 0 Å². The van der Waals surface area contributed by atoms with Gasteiger partial charge in [0.2, 0.25) is 0 Å². The van der Waals surface area contributed by atoms with Crippen LogP contribution in [0.15, 0.2) is 10.4 Å². The van der Waals surface area contributed by atoms with Crippen LogP contribution in [0.2, 0.25) is 0 Å². The van der Waals surface area contributed by atoms with Crippen molar-refractivity contribution in [1.82, 2.24) is 4.72 Å². The van der Waals surface area contributed by atoms with Gasteiger partial charge in [-0.2, -0.15) is 0 Å². The maximum Gasteiger partial charge on any atom is 0.420 e. The fourth-order valence-electron chi connectivity index (χ4n) is 4.76. The number of urea groups is 1. The molecule has 0 bridgehead atoms. The average Bonchev–Trinajstić information content (AvgIpc) is 3.12. The topological polar surface area (TPSA) is 114 Å². The van der Waals surface area contributed by atoms with Gasteiger partial charge in [-0.1, -0.05) is 6.07 Å². The number of fused-ring (bicyclic) bond motifs is 2. The molecule has 4 rings (SSSR count). The van der Waals surface area contributed by atoms with Crippen LogP contribution in [-0.2, 0) is 45.1 Å². The monoisotopic (exact) mass is 461 g/mol. The fourth-order valence-corrected chi connectivity index (χ4v) is 6.77. The highest BCUT2D eigenvalue weighted by molar-refractivity contribution is 7.93. The number of amides is 3. The van der Waals surface area contributed by atoms with Gasteiger partial charge in [0.1, 0.15) is 21.3 Å². The first-order valence-electron chi connectivity index (χ1n) is 11.2. The molecule has 2 unspecified atom stereocenters. The zero-order valence-corrected chi connectivity index (χ0v) is 19.9. The molecule has 0 aliphatic heterocycles. The summed E-state index contributed by atoms with van der Waals surface area (Å²) >= 11 is 0. The van der Waals surface area contributed by atoms with E-state index in [4.69, 9.17) is 4.74 Å². The minimum absolute atomic E-state index is 0.136. The van der Waals surface area contributed by atoms with Crippen LogP contribution in [0.25, 0.3) is 0 Å². The van der Waals surface area contributed by atoms with E-state index in [9.17, 15) is 18.6 Å². The summed E-state index contributed by atoms with van der Waals surface area (Å²) in [6.45, 7) is 6.47. The molecule has 1 aromatic rings. The first-order valence-corrected chi connectivity index (χ1v) is 12.8. The van der Waals surface area contributed by atoms with E-state index in [-0.39, 0.29) is 5.78 Å². The molecule has 2 N–H and O–H groups in total. The van der Waals surface area contributed by atoms with E-state index < -0.39 is 38.8 Å². The zero-order valence-electron chi connectivity index (χ0n) is 19.1. The van der Waals surface area contributed by atoms with Gasteiger partial charge in [-0.25, -0.2) is 18.5 Å². The van der Waals surface area contributed by atoms with Crippen LogP contribution in [0, 0.1) is 5.92 Å². The SMILES string of the molecule is CC(=O)[C@H]1CC1S(=O)(=NC(=O)Nc1c2c(cc3c1CCC3)CCC2)NC(=O)OC(C)(C)C. The number of anilines is 1. The van der Waals surface area contributed by atoms with Crippen LogP contribution >= 0.6 is 0 Å². The highest BCUT2D eigenvalue weighted by Gasteiger charge is 2.50. The molecule has 0 heterocycles. The van der Waals surface area contributed by atoms with E-state index in [0.29, 0.717) is 6.42 Å². The van der Waals surface area contributed by atoms with Gasteiger partial charge in [0.25, 0.3) is 0 Å². The van der Waals surface area contributed by atoms with Crippen molar-refractivity contribution in [3.05, 3.63) is 28.3 Å². The van der Waals surface area contributed by atoms with Gasteiger partial charge >= 0.3 is 12.1 Å². The Labute approximate surface area is 189 Å². The highest BCUT2D eigenvalue weighted by atomic mass is 32.2. The summed E-state index contributed by atoms with van der Waals surface area (Å²) in [7, 11) is -3.54. The van der Waals surface area contributed by atoms with E-state index in [1.807, 2.05) is 0 Å². The van der Waals surface area contributed by atoms with Crippen LogP contribution in [0.4, 0.5) is 15.3 Å². The molecule has 0 saturated heterocycles. The Morgan fingerprint density at radius 1 is 1.06 bits per heavy atom. The molecule has 9 heteroatoms. The molecule has 1 fully saturated rings. The minimum Gasteiger partial charge on any atom is -0.443 e. The molecule has 32 heavy (non-hydrogen) atoms. The van der Waals surface area contributed by atoms with Gasteiger partial charge in [-0.15, -0.1) is 4.36 Å². The number of carbonyl (C=O) groups is 3. The molecule has 3 aliphatic carbocycles. The maximum absolute atomic E-state index is 13.6. The van der Waals surface area contributed by atoms with E-state index in [1.165, 1.54) is 18.1 Å². The predicted octanol–water partition coefficient (Wildman–Crippen LogP) is 4.08. The number of aryl methyl sites for hydroxylation is 2. The molecule has 1 aromatic carbocycles. The van der Waals surface area contributed by atoms with Crippen molar-refractivity contribution in [2.24, 2.45) is 10.3 Å². The number of hydrogen-bond donors (Lipinski definition) is 2. The van der Waals surface area contributed by atoms with Crippen LogP contribution < -0.4 is 10.0 Å². The van der Waals surface area contributed by atoms with E-state index in [2.05, 4.69) is 20.5 Å². The summed E-state index contributed by atoms with van der Waals surface area (Å²) in [6.07, 6.45) is 5.22. The number of benzene rings is 1. The highest BCUT2D eigenvalue weighted by Crippen LogP contribution is 2.40. The Hall–Kier alpha value is -2.42. The first kappa shape index (κ1) is 22.8. The second-order valence-corrected chi connectivity index (χ2v) is 12.0. The average molecular weight is 462 g/mol. The number of Topliss-reactive ketones (excluding diaryl/α,β-unsaturated/α-hetero) is 1. The van der Waals surface area contributed by atoms with Crippen molar-refractivity contribution >= 4 is 33.5 Å². The number of ketones is 1. The van der Waals surface area contributed by atoms with Crippen LogP contribution in [0.1, 0.15) is 69.2 Å². The quantitative estimate of drug-likeness (QED) is 0.701. The summed E-state index contributed by atoms with van der Waals surface area (Å²) in [5, 5.41) is 2.18. The van der Waals surface area contributed by atoms with Gasteiger partial charge in [-0.05, 0) is 94.9 Å². The van der Waals surface area contributed by atoms with E-state index in [0.717, 1.165) is 55.3 Å². The Kier molecular flexibility index (Phi) is 5.81. The van der Waals surface area contributed by atoms with Gasteiger partial charge in [-0.3, -0.25) is 4.79 Å². The Bertz CT molecular complexity index is 1080. The molecule has 3 amide bonds. The van der Waals surface area contributed by atoms with E-state index >= 15 is 0 Å². The lowest BCUT2D eigenvalue weighted by Crippen LogP contribution is -2.39. The van der Waals surface area contributed by atoms with Crippen LogP contribution in [0.3, 0.4) is 0 Å². The minimum atomic E-state index is -3.54. The largest absolute Gasteiger partial charge is 0.443 e. The van der Waals surface area contributed by atoms with Gasteiger partial charge in [0, 0.05) is 11.6 Å². The van der Waals surface area contributed by atoms with Gasteiger partial charge < -0.3 is 10.1 Å². The van der Waals surface area contributed by atoms with Crippen molar-refractivity contribution in [1.29, 1.82) is 0 Å². The predicted molar refractivity (Wildman–Crippen MR) is 122 cm³/mol. The lowest BCUT2D eigenvalue weighted by atomic mass is 9.99. The summed E-state index contributed by atoms with van der Waals surface area (Å²) in [4.78, 5) is 37.1. The lowest BCUT2D eigenvalue weighted by molar-refractivity contribution is -0.118. The molecule has 174 valence electrons. The third-order valence-corrected chi connectivity index (χ3v) is 8.45. The normalized spacial score (nSPS) is 22.9. The fraction of sp³-hybridized carbons (Fsp3) is 0.609. The number of nitrogens with one attached hydrogen (secondary N) is 2. The number of nitrogens with zero attached hydrogens (tertiary/aromatic N) is 1. The zero-order chi connectivity index (χ0) is 23.3. The lowest BCUT2D eigenvalue weighted by Gasteiger charge is -2.21. The van der Waals surface area contributed by atoms with Crippen LogP contribution in [-0.4, -0.2) is 33.0 Å². The standard InChI is InChI=1S/C23H31N3O5S/c1-13(27)18-12-19(18)32(30,26-22(29)31-23(2,3)4)25-21(28)24-20-16-9-5-7-14(16)11-15-8-6-10-17(15)20/h11,18-19H,5-10,12H2,1-4H3,(H2,24,25,26,28,29,30)/t18-,19?,32?/m1/s1. The smallest absolute Gasteiger partial charge is 0.420 e. The third kappa shape index (κ3) is 4.67. The van der Waals surface area contributed by atoms with Crippen molar-refractivity contribution in [3.63, 3.8) is 0 Å². The molecular weight excluding hydrogens is 430 g/mol. The molecule has 0 spiro atoms. The Morgan fingerprint density at radius 3 is 2.16 bits per heavy atom. The van der Waals surface area contributed by atoms with Gasteiger partial charge in [0.05, 0.1) is 5.25 Å². The van der Waals surface area contributed by atoms with Crippen molar-refractivity contribution < 1.29 is 23.3 Å². The number of ether oxygens (including phenoxy) is 1. The van der Waals surface area contributed by atoms with Crippen molar-refractivity contribution in [2.75, 3.05) is 5.32 Å². The van der Waals surface area contributed by atoms with E-state index in [1.54, 1.807) is 20.8 Å². The molecule has 3 atom stereocenters. The molecule has 0 radical (unpaired) electrons. The third-order valence-electron chi connectivity index (χ3n) is 6.22. The summed E-state index contributed by atoms with van der Waals surface area (Å²) in [6, 6.07) is 1.49. The Balaban J connectivity index is 1.63. The molecular formula is C23H31N3O5S. The number of carbonyl (C=O) groups excluding carboxylic acids is 3. The first-order chi connectivity index (χ1) is 15.0. The van der Waals surface area contributed by atoms with Crippen molar-refractivity contribution in [2.45, 2.75) is 83.5 Å². The second kappa shape index (κ2) is 8.17. The van der Waals surface area contributed by atoms with Gasteiger partial charge in [0.15, 0.2) is 0 Å². The summed E-state index contributed by atoms with van der Waals surface area (Å²) in [5.74, 6) is -0.623. The number of hydrogen-bond acceptors (Lipinski definition) is 5. The maximum atomic E-state index is 13.6. The molecule has 3 aliphatic rings. The summed E-state index contributed by atoms with van der Waals surface area (Å²) < 4.78 is 25.1. The molecule has 8 nitrogen and oxygen atoms in total.